The monoisotopic (exact) mass is 275 g/mol. The zero-order chi connectivity index (χ0) is 14.4. The molecule has 110 valence electrons. The van der Waals surface area contributed by atoms with Crippen molar-refractivity contribution in [2.75, 3.05) is 19.7 Å². The number of ether oxygens (including phenoxy) is 1. The summed E-state index contributed by atoms with van der Waals surface area (Å²) in [6, 6.07) is 7.96. The van der Waals surface area contributed by atoms with E-state index in [1.54, 1.807) is 0 Å². The zero-order valence-corrected chi connectivity index (χ0v) is 12.5. The Balaban J connectivity index is 1.76. The molecule has 20 heavy (non-hydrogen) atoms. The van der Waals surface area contributed by atoms with Crippen molar-refractivity contribution >= 4 is 5.78 Å². The number of hydrogen-bond acceptors (Lipinski definition) is 3. The predicted octanol–water partition coefficient (Wildman–Crippen LogP) is 3.15. The van der Waals surface area contributed by atoms with Gasteiger partial charge in [-0.15, -0.1) is 0 Å². The quantitative estimate of drug-likeness (QED) is 0.811. The highest BCUT2D eigenvalue weighted by molar-refractivity contribution is 5.96. The number of hydrogen-bond donors (Lipinski definition) is 1. The van der Waals surface area contributed by atoms with E-state index in [0.29, 0.717) is 25.0 Å². The molecule has 1 heterocycles. The molecule has 0 amide bonds. The standard InChI is InChI=1S/C17H25NO2/c1-13(2)14-3-5-15(6-4-14)17(19)9-12-20-16-7-10-18-11-8-16/h3-6,13,16,18H,7-12H2,1-2H3. The van der Waals surface area contributed by atoms with Gasteiger partial charge in [-0.05, 0) is 37.4 Å². The van der Waals surface area contributed by atoms with E-state index in [1.165, 1.54) is 5.56 Å². The Bertz CT molecular complexity index is 419. The molecule has 1 fully saturated rings. The largest absolute Gasteiger partial charge is 0.378 e. The normalized spacial score (nSPS) is 16.6. The molecular formula is C17H25NO2. The lowest BCUT2D eigenvalue weighted by Gasteiger charge is -2.22. The van der Waals surface area contributed by atoms with Gasteiger partial charge < -0.3 is 10.1 Å². The molecule has 3 heteroatoms. The van der Waals surface area contributed by atoms with Crippen molar-refractivity contribution in [1.82, 2.24) is 5.32 Å². The molecule has 0 aliphatic carbocycles. The van der Waals surface area contributed by atoms with Gasteiger partial charge in [0.1, 0.15) is 0 Å². The van der Waals surface area contributed by atoms with Crippen LogP contribution >= 0.6 is 0 Å². The SMILES string of the molecule is CC(C)c1ccc(C(=O)CCOC2CCNCC2)cc1. The van der Waals surface area contributed by atoms with Gasteiger partial charge in [0.25, 0.3) is 0 Å². The fourth-order valence-corrected chi connectivity index (χ4v) is 2.48. The number of nitrogens with one attached hydrogen (secondary N) is 1. The van der Waals surface area contributed by atoms with Crippen LogP contribution in [0.2, 0.25) is 0 Å². The maximum absolute atomic E-state index is 12.1. The number of piperidine rings is 1. The summed E-state index contributed by atoms with van der Waals surface area (Å²) in [5.41, 5.74) is 2.07. The second kappa shape index (κ2) is 7.55. The van der Waals surface area contributed by atoms with E-state index >= 15 is 0 Å². The predicted molar refractivity (Wildman–Crippen MR) is 81.3 cm³/mol. The molecule has 1 saturated heterocycles. The van der Waals surface area contributed by atoms with Crippen molar-refractivity contribution in [2.45, 2.75) is 45.1 Å². The number of rotatable bonds is 6. The zero-order valence-electron chi connectivity index (χ0n) is 12.5. The van der Waals surface area contributed by atoms with Gasteiger partial charge in [0.15, 0.2) is 5.78 Å². The highest BCUT2D eigenvalue weighted by atomic mass is 16.5. The number of carbonyl (C=O) groups excluding carboxylic acids is 1. The average molecular weight is 275 g/mol. The Kier molecular flexibility index (Phi) is 5.74. The first kappa shape index (κ1) is 15.2. The Hall–Kier alpha value is -1.19. The van der Waals surface area contributed by atoms with Gasteiger partial charge in [-0.25, -0.2) is 0 Å². The van der Waals surface area contributed by atoms with Crippen LogP contribution < -0.4 is 5.32 Å². The second-order valence-electron chi connectivity index (χ2n) is 5.77. The Morgan fingerprint density at radius 3 is 2.50 bits per heavy atom. The molecule has 3 nitrogen and oxygen atoms in total. The fraction of sp³-hybridized carbons (Fsp3) is 0.588. The van der Waals surface area contributed by atoms with Crippen LogP contribution in [0.1, 0.15) is 54.9 Å². The number of benzene rings is 1. The maximum atomic E-state index is 12.1. The molecule has 0 aromatic heterocycles. The van der Waals surface area contributed by atoms with Crippen LogP contribution in [-0.4, -0.2) is 31.6 Å². The van der Waals surface area contributed by atoms with E-state index in [-0.39, 0.29) is 5.78 Å². The molecule has 0 saturated carbocycles. The molecule has 0 bridgehead atoms. The van der Waals surface area contributed by atoms with Crippen LogP contribution in [0.5, 0.6) is 0 Å². The van der Waals surface area contributed by atoms with Gasteiger partial charge in [0.05, 0.1) is 12.7 Å². The summed E-state index contributed by atoms with van der Waals surface area (Å²) in [7, 11) is 0. The molecule has 2 rings (SSSR count). The lowest BCUT2D eigenvalue weighted by Crippen LogP contribution is -2.32. The molecule has 0 radical (unpaired) electrons. The number of carbonyl (C=O) groups is 1. The minimum absolute atomic E-state index is 0.175. The lowest BCUT2D eigenvalue weighted by molar-refractivity contribution is 0.0313. The highest BCUT2D eigenvalue weighted by Gasteiger charge is 2.14. The summed E-state index contributed by atoms with van der Waals surface area (Å²) >= 11 is 0. The van der Waals surface area contributed by atoms with Gasteiger partial charge in [-0.3, -0.25) is 4.79 Å². The molecule has 1 N–H and O–H groups in total. The van der Waals surface area contributed by atoms with E-state index in [4.69, 9.17) is 4.74 Å². The molecule has 0 atom stereocenters. The van der Waals surface area contributed by atoms with Crippen LogP contribution in [0.15, 0.2) is 24.3 Å². The van der Waals surface area contributed by atoms with Gasteiger partial charge in [-0.2, -0.15) is 0 Å². The first-order chi connectivity index (χ1) is 9.66. The molecule has 1 aliphatic heterocycles. The van der Waals surface area contributed by atoms with Crippen LogP contribution in [-0.2, 0) is 4.74 Å². The van der Waals surface area contributed by atoms with E-state index in [0.717, 1.165) is 31.5 Å². The smallest absolute Gasteiger partial charge is 0.165 e. The third-order valence-electron chi connectivity index (χ3n) is 3.87. The minimum atomic E-state index is 0.175. The van der Waals surface area contributed by atoms with Crippen LogP contribution in [0, 0.1) is 0 Å². The Morgan fingerprint density at radius 1 is 1.25 bits per heavy atom. The van der Waals surface area contributed by atoms with E-state index in [2.05, 4.69) is 19.2 Å². The summed E-state index contributed by atoms with van der Waals surface area (Å²) in [5.74, 6) is 0.677. The highest BCUT2D eigenvalue weighted by Crippen LogP contribution is 2.16. The first-order valence-electron chi connectivity index (χ1n) is 7.62. The third-order valence-corrected chi connectivity index (χ3v) is 3.87. The van der Waals surface area contributed by atoms with Gasteiger partial charge in [0, 0.05) is 12.0 Å². The van der Waals surface area contributed by atoms with Gasteiger partial charge >= 0.3 is 0 Å². The number of Topliss-reactive ketones (excluding diaryl/α,β-unsaturated/α-hetero) is 1. The molecule has 1 aromatic carbocycles. The average Bonchev–Trinajstić information content (AvgIpc) is 2.48. The third kappa shape index (κ3) is 4.43. The summed E-state index contributed by atoms with van der Waals surface area (Å²) in [6.45, 7) is 6.90. The summed E-state index contributed by atoms with van der Waals surface area (Å²) < 4.78 is 5.78. The van der Waals surface area contributed by atoms with Crippen molar-refractivity contribution in [3.63, 3.8) is 0 Å². The van der Waals surface area contributed by atoms with Crippen molar-refractivity contribution in [2.24, 2.45) is 0 Å². The minimum Gasteiger partial charge on any atom is -0.378 e. The van der Waals surface area contributed by atoms with E-state index in [9.17, 15) is 4.79 Å². The molecule has 1 aliphatic rings. The van der Waals surface area contributed by atoms with E-state index < -0.39 is 0 Å². The lowest BCUT2D eigenvalue weighted by atomic mass is 10.00. The maximum Gasteiger partial charge on any atom is 0.165 e. The van der Waals surface area contributed by atoms with Crippen LogP contribution in [0.4, 0.5) is 0 Å². The summed E-state index contributed by atoms with van der Waals surface area (Å²) in [4.78, 5) is 12.1. The summed E-state index contributed by atoms with van der Waals surface area (Å²) in [5, 5.41) is 3.31. The van der Waals surface area contributed by atoms with Crippen molar-refractivity contribution in [3.8, 4) is 0 Å². The van der Waals surface area contributed by atoms with Crippen molar-refractivity contribution in [1.29, 1.82) is 0 Å². The Labute approximate surface area is 121 Å². The topological polar surface area (TPSA) is 38.3 Å². The van der Waals surface area contributed by atoms with Crippen molar-refractivity contribution < 1.29 is 9.53 Å². The first-order valence-corrected chi connectivity index (χ1v) is 7.62. The molecule has 0 unspecified atom stereocenters. The summed E-state index contributed by atoms with van der Waals surface area (Å²) in [6.07, 6.45) is 2.91. The van der Waals surface area contributed by atoms with Crippen LogP contribution in [0.3, 0.4) is 0 Å². The van der Waals surface area contributed by atoms with Crippen molar-refractivity contribution in [3.05, 3.63) is 35.4 Å². The Morgan fingerprint density at radius 2 is 1.90 bits per heavy atom. The number of ketones is 1. The van der Waals surface area contributed by atoms with E-state index in [1.807, 2.05) is 24.3 Å². The molecular weight excluding hydrogens is 250 g/mol. The second-order valence-corrected chi connectivity index (χ2v) is 5.77. The van der Waals surface area contributed by atoms with Crippen LogP contribution in [0.25, 0.3) is 0 Å². The fourth-order valence-electron chi connectivity index (χ4n) is 2.48. The molecule has 1 aromatic rings. The molecule has 0 spiro atoms. The van der Waals surface area contributed by atoms with Gasteiger partial charge in [0.2, 0.25) is 0 Å². The van der Waals surface area contributed by atoms with Gasteiger partial charge in [-0.1, -0.05) is 38.1 Å².